The van der Waals surface area contributed by atoms with Gasteiger partial charge in [-0.2, -0.15) is 0 Å². The van der Waals surface area contributed by atoms with Crippen molar-refractivity contribution < 1.29 is 33.7 Å². The SMILES string of the molecule is C=C1CC(=O)C2OC2(C)CC2OC(=O)C(=C)C2C(O)C1OC(=O)C(C)=CC. The molecule has 0 aromatic carbocycles. The van der Waals surface area contributed by atoms with Gasteiger partial charge in [-0.15, -0.1) is 0 Å². The number of hydrogen-bond donors (Lipinski definition) is 1. The van der Waals surface area contributed by atoms with E-state index in [0.717, 1.165) is 0 Å². The minimum atomic E-state index is -1.32. The summed E-state index contributed by atoms with van der Waals surface area (Å²) in [5.74, 6) is -2.24. The van der Waals surface area contributed by atoms with Crippen molar-refractivity contribution in [3.8, 4) is 0 Å². The zero-order valence-electron chi connectivity index (χ0n) is 15.7. The van der Waals surface area contributed by atoms with Crippen LogP contribution in [0.4, 0.5) is 0 Å². The molecule has 0 spiro atoms. The molecular weight excluding hydrogens is 352 g/mol. The molecule has 6 unspecified atom stereocenters. The van der Waals surface area contributed by atoms with E-state index in [2.05, 4.69) is 13.2 Å². The minimum Gasteiger partial charge on any atom is -0.458 e. The number of allylic oxidation sites excluding steroid dienone is 1. The third kappa shape index (κ3) is 3.37. The number of hydrogen-bond acceptors (Lipinski definition) is 7. The summed E-state index contributed by atoms with van der Waals surface area (Å²) in [6, 6.07) is 0. The maximum absolute atomic E-state index is 12.5. The number of aliphatic hydroxyl groups excluding tert-OH is 1. The molecule has 2 heterocycles. The number of carbonyl (C=O) groups excluding carboxylic acids is 3. The lowest BCUT2D eigenvalue weighted by molar-refractivity contribution is -0.151. The standard InChI is InChI=1S/C20H24O7/c1-6-9(2)18(23)26-16-10(3)7-12(21)17-20(5,27-17)8-13-14(15(16)22)11(4)19(24)25-13/h6,13-17,22H,3-4,7-8H2,1-2,5H3. The largest absolute Gasteiger partial charge is 0.458 e. The van der Waals surface area contributed by atoms with Crippen molar-refractivity contribution in [2.24, 2.45) is 5.92 Å². The van der Waals surface area contributed by atoms with Gasteiger partial charge in [0, 0.05) is 24.0 Å². The first kappa shape index (κ1) is 19.5. The first-order chi connectivity index (χ1) is 12.6. The number of esters is 2. The van der Waals surface area contributed by atoms with E-state index in [1.54, 1.807) is 26.8 Å². The van der Waals surface area contributed by atoms with Crippen LogP contribution in [0.15, 0.2) is 36.0 Å². The number of ketones is 1. The number of ether oxygens (including phenoxy) is 3. The first-order valence-electron chi connectivity index (χ1n) is 8.89. The summed E-state index contributed by atoms with van der Waals surface area (Å²) < 4.78 is 16.4. The van der Waals surface area contributed by atoms with Crippen LogP contribution in [0.3, 0.4) is 0 Å². The van der Waals surface area contributed by atoms with Gasteiger partial charge < -0.3 is 19.3 Å². The highest BCUT2D eigenvalue weighted by Gasteiger charge is 2.61. The highest BCUT2D eigenvalue weighted by molar-refractivity contribution is 5.92. The molecule has 1 aliphatic carbocycles. The molecule has 6 atom stereocenters. The fourth-order valence-electron chi connectivity index (χ4n) is 3.76. The lowest BCUT2D eigenvalue weighted by atomic mass is 9.79. The van der Waals surface area contributed by atoms with Crippen molar-refractivity contribution in [1.29, 1.82) is 0 Å². The number of epoxide rings is 1. The summed E-state index contributed by atoms with van der Waals surface area (Å²) in [6.07, 6.45) is -2.11. The predicted octanol–water partition coefficient (Wildman–Crippen LogP) is 1.40. The number of Topliss-reactive ketones (excluding diaryl/α,β-unsaturated/α-hetero) is 1. The van der Waals surface area contributed by atoms with E-state index in [0.29, 0.717) is 5.57 Å². The smallest absolute Gasteiger partial charge is 0.334 e. The molecule has 3 rings (SSSR count). The average molecular weight is 376 g/mol. The number of fused-ring (bicyclic) bond motifs is 2. The lowest BCUT2D eigenvalue weighted by Crippen LogP contribution is -2.44. The zero-order valence-corrected chi connectivity index (χ0v) is 15.7. The maximum Gasteiger partial charge on any atom is 0.334 e. The van der Waals surface area contributed by atoms with Crippen LogP contribution in [0.25, 0.3) is 0 Å². The van der Waals surface area contributed by atoms with Crippen LogP contribution in [0, 0.1) is 5.92 Å². The van der Waals surface area contributed by atoms with Gasteiger partial charge in [0.1, 0.15) is 30.0 Å². The molecule has 2 aliphatic heterocycles. The molecule has 1 N–H and O–H groups in total. The lowest BCUT2D eigenvalue weighted by Gasteiger charge is -2.32. The summed E-state index contributed by atoms with van der Waals surface area (Å²) >= 11 is 0. The fourth-order valence-corrected chi connectivity index (χ4v) is 3.76. The van der Waals surface area contributed by atoms with Crippen LogP contribution < -0.4 is 0 Å². The van der Waals surface area contributed by atoms with Crippen LogP contribution in [0.5, 0.6) is 0 Å². The van der Waals surface area contributed by atoms with Gasteiger partial charge in [-0.05, 0) is 26.3 Å². The Kier molecular flexibility index (Phi) is 4.86. The summed E-state index contributed by atoms with van der Waals surface area (Å²) in [4.78, 5) is 36.8. The molecule has 27 heavy (non-hydrogen) atoms. The van der Waals surface area contributed by atoms with Gasteiger partial charge in [0.05, 0.1) is 5.92 Å². The van der Waals surface area contributed by atoms with E-state index in [1.807, 2.05) is 0 Å². The zero-order chi connectivity index (χ0) is 20.1. The van der Waals surface area contributed by atoms with Crippen molar-refractivity contribution in [3.05, 3.63) is 36.0 Å². The Labute approximate surface area is 157 Å². The molecule has 2 saturated heterocycles. The monoisotopic (exact) mass is 376 g/mol. The third-order valence-electron chi connectivity index (χ3n) is 5.58. The van der Waals surface area contributed by atoms with Gasteiger partial charge in [-0.1, -0.05) is 19.2 Å². The van der Waals surface area contributed by atoms with Gasteiger partial charge >= 0.3 is 11.9 Å². The normalized spacial score (nSPS) is 39.4. The molecule has 0 radical (unpaired) electrons. The van der Waals surface area contributed by atoms with Crippen molar-refractivity contribution in [2.45, 2.75) is 63.6 Å². The van der Waals surface area contributed by atoms with Crippen LogP contribution in [0.2, 0.25) is 0 Å². The first-order valence-corrected chi connectivity index (χ1v) is 8.89. The third-order valence-corrected chi connectivity index (χ3v) is 5.58. The Morgan fingerprint density at radius 1 is 1.37 bits per heavy atom. The highest BCUT2D eigenvalue weighted by Crippen LogP contribution is 2.47. The predicted molar refractivity (Wildman–Crippen MR) is 94.5 cm³/mol. The second-order valence-corrected chi connectivity index (χ2v) is 7.60. The molecule has 0 bridgehead atoms. The fraction of sp³-hybridized carbons (Fsp3) is 0.550. The molecule has 7 heteroatoms. The quantitative estimate of drug-likeness (QED) is 0.336. The topological polar surface area (TPSA) is 102 Å². The number of rotatable bonds is 2. The highest BCUT2D eigenvalue weighted by atomic mass is 16.6. The Hall–Kier alpha value is -2.25. The van der Waals surface area contributed by atoms with Crippen molar-refractivity contribution in [3.63, 3.8) is 0 Å². The van der Waals surface area contributed by atoms with E-state index < -0.39 is 47.9 Å². The molecule has 146 valence electrons. The van der Waals surface area contributed by atoms with E-state index >= 15 is 0 Å². The molecule has 3 aliphatic rings. The minimum absolute atomic E-state index is 0.0944. The molecule has 0 amide bonds. The average Bonchev–Trinajstić information content (AvgIpc) is 3.20. The molecule has 7 nitrogen and oxygen atoms in total. The Morgan fingerprint density at radius 2 is 2.04 bits per heavy atom. The van der Waals surface area contributed by atoms with Crippen LogP contribution in [-0.4, -0.2) is 52.8 Å². The second-order valence-electron chi connectivity index (χ2n) is 7.60. The molecule has 1 saturated carbocycles. The molecule has 3 fully saturated rings. The second kappa shape index (κ2) is 6.73. The summed E-state index contributed by atoms with van der Waals surface area (Å²) in [7, 11) is 0. The number of carbonyl (C=O) groups is 3. The Balaban J connectivity index is 1.96. The van der Waals surface area contributed by atoms with E-state index in [9.17, 15) is 19.5 Å². The molecule has 0 aromatic rings. The van der Waals surface area contributed by atoms with E-state index in [1.165, 1.54) is 0 Å². The van der Waals surface area contributed by atoms with Crippen LogP contribution in [0.1, 0.15) is 33.6 Å². The summed E-state index contributed by atoms with van der Waals surface area (Å²) in [6.45, 7) is 12.6. The van der Waals surface area contributed by atoms with E-state index in [-0.39, 0.29) is 29.8 Å². The molecule has 0 aromatic heterocycles. The summed E-state index contributed by atoms with van der Waals surface area (Å²) in [5.41, 5.74) is -0.0477. The van der Waals surface area contributed by atoms with Crippen molar-refractivity contribution >= 4 is 17.7 Å². The maximum atomic E-state index is 12.5. The Morgan fingerprint density at radius 3 is 2.67 bits per heavy atom. The number of aliphatic hydroxyl groups is 1. The van der Waals surface area contributed by atoms with Gasteiger partial charge in [-0.3, -0.25) is 4.79 Å². The van der Waals surface area contributed by atoms with Gasteiger partial charge in [-0.25, -0.2) is 9.59 Å². The van der Waals surface area contributed by atoms with Crippen LogP contribution >= 0.6 is 0 Å². The van der Waals surface area contributed by atoms with Gasteiger partial charge in [0.25, 0.3) is 0 Å². The summed E-state index contributed by atoms with van der Waals surface area (Å²) in [5, 5.41) is 11.0. The Bertz CT molecular complexity index is 764. The van der Waals surface area contributed by atoms with Gasteiger partial charge in [0.2, 0.25) is 0 Å². The van der Waals surface area contributed by atoms with Crippen molar-refractivity contribution in [1.82, 2.24) is 0 Å². The van der Waals surface area contributed by atoms with Crippen molar-refractivity contribution in [2.75, 3.05) is 0 Å². The van der Waals surface area contributed by atoms with Crippen LogP contribution in [-0.2, 0) is 28.6 Å². The van der Waals surface area contributed by atoms with Gasteiger partial charge in [0.15, 0.2) is 5.78 Å². The molecular formula is C20H24O7. The van der Waals surface area contributed by atoms with E-state index in [4.69, 9.17) is 14.2 Å².